The summed E-state index contributed by atoms with van der Waals surface area (Å²) in [5.41, 5.74) is 1.42. The van der Waals surface area contributed by atoms with Gasteiger partial charge in [0.15, 0.2) is 0 Å². The van der Waals surface area contributed by atoms with Gasteiger partial charge >= 0.3 is 0 Å². The third kappa shape index (κ3) is 3.57. The zero-order chi connectivity index (χ0) is 17.1. The number of hydrogen-bond donors (Lipinski definition) is 1. The van der Waals surface area contributed by atoms with E-state index in [1.165, 1.54) is 10.1 Å². The maximum Gasteiger partial charge on any atom is 0.274 e. The molecule has 1 amide bonds. The molecule has 0 unspecified atom stereocenters. The molecule has 1 aromatic carbocycles. The summed E-state index contributed by atoms with van der Waals surface area (Å²) < 4.78 is 1.47. The molecular weight excluding hydrogens is 302 g/mol. The van der Waals surface area contributed by atoms with E-state index in [2.05, 4.69) is 29.3 Å². The number of pyridine rings is 1. The molecule has 5 nitrogen and oxygen atoms in total. The fourth-order valence-electron chi connectivity index (χ4n) is 3.30. The molecule has 24 heavy (non-hydrogen) atoms. The number of aromatic nitrogens is 1. The summed E-state index contributed by atoms with van der Waals surface area (Å²) in [6.45, 7) is 4.55. The molecular formula is C19H23N3O2. The predicted octanol–water partition coefficient (Wildman–Crippen LogP) is 2.09. The van der Waals surface area contributed by atoms with Gasteiger partial charge in [0.05, 0.1) is 5.92 Å². The second kappa shape index (κ2) is 7.01. The van der Waals surface area contributed by atoms with E-state index < -0.39 is 0 Å². The molecule has 2 atom stereocenters. The number of carbonyl (C=O) groups excluding carboxylic acids is 1. The summed E-state index contributed by atoms with van der Waals surface area (Å²) in [4.78, 5) is 26.9. The minimum absolute atomic E-state index is 0.0682. The van der Waals surface area contributed by atoms with Gasteiger partial charge in [-0.05, 0) is 23.6 Å². The summed E-state index contributed by atoms with van der Waals surface area (Å²) in [6, 6.07) is 13.7. The fourth-order valence-corrected chi connectivity index (χ4v) is 3.30. The second-order valence-corrected chi connectivity index (χ2v) is 6.59. The zero-order valence-electron chi connectivity index (χ0n) is 14.1. The van der Waals surface area contributed by atoms with Crippen LogP contribution in [0, 0.1) is 11.8 Å². The number of amides is 1. The van der Waals surface area contributed by atoms with Gasteiger partial charge in [-0.25, -0.2) is 0 Å². The smallest absolute Gasteiger partial charge is 0.274 e. The van der Waals surface area contributed by atoms with E-state index in [0.29, 0.717) is 5.69 Å². The molecule has 0 spiro atoms. The number of likely N-dealkylation sites (tertiary alicyclic amines) is 1. The zero-order valence-corrected chi connectivity index (χ0v) is 14.1. The lowest BCUT2D eigenvalue weighted by molar-refractivity contribution is -0.120. The molecule has 2 heterocycles. The van der Waals surface area contributed by atoms with Crippen molar-refractivity contribution in [2.24, 2.45) is 18.9 Å². The van der Waals surface area contributed by atoms with Gasteiger partial charge in [0.1, 0.15) is 5.69 Å². The van der Waals surface area contributed by atoms with Crippen LogP contribution in [-0.2, 0) is 18.4 Å². The maximum atomic E-state index is 12.6. The molecule has 126 valence electrons. The van der Waals surface area contributed by atoms with Crippen LogP contribution in [0.2, 0.25) is 0 Å². The third-order valence-corrected chi connectivity index (χ3v) is 4.65. The van der Waals surface area contributed by atoms with Gasteiger partial charge in [-0.3, -0.25) is 14.5 Å². The van der Waals surface area contributed by atoms with Crippen LogP contribution in [0.1, 0.15) is 12.5 Å². The van der Waals surface area contributed by atoms with Crippen LogP contribution in [0.3, 0.4) is 0 Å². The van der Waals surface area contributed by atoms with E-state index in [1.807, 2.05) is 18.2 Å². The van der Waals surface area contributed by atoms with Crippen LogP contribution in [-0.4, -0.2) is 28.5 Å². The lowest BCUT2D eigenvalue weighted by Gasteiger charge is -2.16. The molecule has 1 N–H and O–H groups in total. The predicted molar refractivity (Wildman–Crippen MR) is 94.7 cm³/mol. The highest BCUT2D eigenvalue weighted by Crippen LogP contribution is 2.25. The number of nitrogens with zero attached hydrogens (tertiary/aromatic N) is 2. The average molecular weight is 325 g/mol. The van der Waals surface area contributed by atoms with Gasteiger partial charge < -0.3 is 9.88 Å². The van der Waals surface area contributed by atoms with Crippen molar-refractivity contribution in [3.05, 3.63) is 64.6 Å². The van der Waals surface area contributed by atoms with Crippen molar-refractivity contribution < 1.29 is 4.79 Å². The molecule has 1 saturated heterocycles. The first-order chi connectivity index (χ1) is 11.5. The van der Waals surface area contributed by atoms with Crippen molar-refractivity contribution in [1.82, 2.24) is 9.47 Å². The van der Waals surface area contributed by atoms with Crippen LogP contribution in [0.5, 0.6) is 0 Å². The second-order valence-electron chi connectivity index (χ2n) is 6.59. The van der Waals surface area contributed by atoms with Crippen molar-refractivity contribution in [3.63, 3.8) is 0 Å². The van der Waals surface area contributed by atoms with Crippen molar-refractivity contribution in [1.29, 1.82) is 0 Å². The average Bonchev–Trinajstić information content (AvgIpc) is 2.93. The number of aryl methyl sites for hydroxylation is 1. The van der Waals surface area contributed by atoms with E-state index in [0.717, 1.165) is 19.6 Å². The Hall–Kier alpha value is -2.40. The lowest BCUT2D eigenvalue weighted by Crippen LogP contribution is -2.31. The highest BCUT2D eigenvalue weighted by atomic mass is 16.2. The standard InChI is InChI=1S/C19H23N3O2/c1-14-11-22(12-15-7-4-3-5-8-15)13-16(14)18(23)20-17-9-6-10-21(2)19(17)24/h3-10,14,16H,11-13H2,1-2H3,(H,20,23)/t14-,16-/m1/s1. The van der Waals surface area contributed by atoms with Gasteiger partial charge in [-0.2, -0.15) is 0 Å². The Balaban J connectivity index is 1.65. The van der Waals surface area contributed by atoms with Gasteiger partial charge in [-0.1, -0.05) is 37.3 Å². The maximum absolute atomic E-state index is 12.6. The Kier molecular flexibility index (Phi) is 4.81. The fraction of sp³-hybridized carbons (Fsp3) is 0.368. The topological polar surface area (TPSA) is 54.3 Å². The van der Waals surface area contributed by atoms with E-state index >= 15 is 0 Å². The SMILES string of the molecule is C[C@@H]1CN(Cc2ccccc2)C[C@H]1C(=O)Nc1cccn(C)c1=O. The Labute approximate surface area is 141 Å². The minimum Gasteiger partial charge on any atom is -0.321 e. The van der Waals surface area contributed by atoms with E-state index in [4.69, 9.17) is 0 Å². The molecule has 0 aliphatic carbocycles. The Morgan fingerprint density at radius 3 is 2.67 bits per heavy atom. The Morgan fingerprint density at radius 1 is 1.17 bits per heavy atom. The van der Waals surface area contributed by atoms with E-state index in [-0.39, 0.29) is 23.3 Å². The number of rotatable bonds is 4. The summed E-state index contributed by atoms with van der Waals surface area (Å²) in [5.74, 6) is 0.0984. The number of nitrogens with one attached hydrogen (secondary N) is 1. The van der Waals surface area contributed by atoms with Gasteiger partial charge in [0.25, 0.3) is 5.56 Å². The third-order valence-electron chi connectivity index (χ3n) is 4.65. The Morgan fingerprint density at radius 2 is 1.92 bits per heavy atom. The molecule has 0 radical (unpaired) electrons. The van der Waals surface area contributed by atoms with Crippen molar-refractivity contribution in [2.75, 3.05) is 18.4 Å². The molecule has 1 aliphatic rings. The van der Waals surface area contributed by atoms with Crippen molar-refractivity contribution in [2.45, 2.75) is 13.5 Å². The van der Waals surface area contributed by atoms with Crippen LogP contribution in [0.15, 0.2) is 53.5 Å². The number of carbonyl (C=O) groups is 1. The molecule has 5 heteroatoms. The molecule has 0 bridgehead atoms. The first-order valence-electron chi connectivity index (χ1n) is 8.27. The van der Waals surface area contributed by atoms with Crippen LogP contribution >= 0.6 is 0 Å². The molecule has 1 aliphatic heterocycles. The van der Waals surface area contributed by atoms with Gasteiger partial charge in [-0.15, -0.1) is 0 Å². The molecule has 0 saturated carbocycles. The van der Waals surface area contributed by atoms with Crippen LogP contribution < -0.4 is 10.9 Å². The van der Waals surface area contributed by atoms with Crippen molar-refractivity contribution >= 4 is 11.6 Å². The largest absolute Gasteiger partial charge is 0.321 e. The van der Waals surface area contributed by atoms with Gasteiger partial charge in [0, 0.05) is 32.9 Å². The Bertz CT molecular complexity index is 770. The van der Waals surface area contributed by atoms with Crippen molar-refractivity contribution in [3.8, 4) is 0 Å². The normalized spacial score (nSPS) is 20.9. The highest BCUT2D eigenvalue weighted by molar-refractivity contribution is 5.92. The quantitative estimate of drug-likeness (QED) is 0.936. The molecule has 1 aromatic heterocycles. The summed E-state index contributed by atoms with van der Waals surface area (Å²) in [6.07, 6.45) is 1.68. The van der Waals surface area contributed by atoms with E-state index in [9.17, 15) is 9.59 Å². The monoisotopic (exact) mass is 325 g/mol. The van der Waals surface area contributed by atoms with E-state index in [1.54, 1.807) is 25.4 Å². The highest BCUT2D eigenvalue weighted by Gasteiger charge is 2.34. The first kappa shape index (κ1) is 16.5. The minimum atomic E-state index is -0.183. The van der Waals surface area contributed by atoms with Gasteiger partial charge in [0.2, 0.25) is 5.91 Å². The molecule has 2 aromatic rings. The molecule has 3 rings (SSSR count). The van der Waals surface area contributed by atoms with Crippen LogP contribution in [0.25, 0.3) is 0 Å². The summed E-state index contributed by atoms with van der Waals surface area (Å²) in [5, 5.41) is 2.81. The summed E-state index contributed by atoms with van der Waals surface area (Å²) in [7, 11) is 1.68. The number of anilines is 1. The number of benzene rings is 1. The molecule has 1 fully saturated rings. The summed E-state index contributed by atoms with van der Waals surface area (Å²) >= 11 is 0. The van der Waals surface area contributed by atoms with Crippen LogP contribution in [0.4, 0.5) is 5.69 Å². The first-order valence-corrected chi connectivity index (χ1v) is 8.27. The lowest BCUT2D eigenvalue weighted by atomic mass is 9.97. The number of hydrogen-bond acceptors (Lipinski definition) is 3.